The normalized spacial score (nSPS) is 12.7. The first kappa shape index (κ1) is 23.7. The first-order chi connectivity index (χ1) is 17.4. The van der Waals surface area contributed by atoms with Gasteiger partial charge in [0.05, 0.1) is 22.8 Å². The molecular formula is C26H24N6O2S2. The van der Waals surface area contributed by atoms with Gasteiger partial charge in [-0.05, 0) is 53.6 Å². The van der Waals surface area contributed by atoms with Gasteiger partial charge in [0.1, 0.15) is 22.0 Å². The van der Waals surface area contributed by atoms with Gasteiger partial charge in [0.25, 0.3) is 0 Å². The molecule has 0 aliphatic heterocycles. The Bertz CT molecular complexity index is 1430. The van der Waals surface area contributed by atoms with Crippen LogP contribution in [0.1, 0.15) is 0 Å². The molecule has 0 saturated heterocycles. The number of hydrogen-bond acceptors (Lipinski definition) is 4. The van der Waals surface area contributed by atoms with E-state index in [1.54, 1.807) is 12.5 Å². The summed E-state index contributed by atoms with van der Waals surface area (Å²) in [5, 5.41) is 15.2. The molecule has 2 heterocycles. The lowest BCUT2D eigenvalue weighted by atomic mass is 10.0. The van der Waals surface area contributed by atoms with Crippen LogP contribution in [0.15, 0.2) is 84.9 Å². The third-order valence-electron chi connectivity index (χ3n) is 5.52. The topological polar surface area (TPSA) is 116 Å². The van der Waals surface area contributed by atoms with E-state index in [0.29, 0.717) is 0 Å². The Labute approximate surface area is 213 Å². The lowest BCUT2D eigenvalue weighted by Crippen LogP contribution is -2.00. The largest absolute Gasteiger partial charge is 0.305 e. The summed E-state index contributed by atoms with van der Waals surface area (Å²) in [4.78, 5) is 0. The molecule has 2 atom stereocenters. The van der Waals surface area contributed by atoms with Crippen LogP contribution >= 0.6 is 0 Å². The molecule has 0 amide bonds. The molecule has 0 saturated carbocycles. The van der Waals surface area contributed by atoms with Crippen LogP contribution in [-0.2, 0) is 22.0 Å². The van der Waals surface area contributed by atoms with Crippen LogP contribution in [0.2, 0.25) is 0 Å². The molecule has 4 N–H and O–H groups in total. The highest BCUT2D eigenvalue weighted by atomic mass is 32.2. The number of benzene rings is 3. The van der Waals surface area contributed by atoms with Crippen molar-refractivity contribution in [2.45, 2.75) is 0 Å². The molecule has 0 radical (unpaired) electrons. The quantitative estimate of drug-likeness (QED) is 0.227. The number of hydrogen-bond donors (Lipinski definition) is 4. The fraction of sp³-hybridized carbons (Fsp3) is 0.0769. The summed E-state index contributed by atoms with van der Waals surface area (Å²) in [6, 6.07) is 27.5. The predicted molar refractivity (Wildman–Crippen MR) is 148 cm³/mol. The van der Waals surface area contributed by atoms with Crippen LogP contribution in [0.25, 0.3) is 45.0 Å². The Morgan fingerprint density at radius 1 is 0.583 bits per heavy atom. The summed E-state index contributed by atoms with van der Waals surface area (Å²) in [5.74, 6) is 0. The van der Waals surface area contributed by atoms with E-state index in [9.17, 15) is 8.42 Å². The van der Waals surface area contributed by atoms with Crippen LogP contribution < -0.4 is 9.44 Å². The Morgan fingerprint density at radius 3 is 1.39 bits per heavy atom. The van der Waals surface area contributed by atoms with E-state index in [0.717, 1.165) is 56.4 Å². The van der Waals surface area contributed by atoms with E-state index in [-0.39, 0.29) is 0 Å². The standard InChI is InChI=1S/C26H24N6O2S2/c1-35(33)31-21-10-6-17(7-11-21)23-15-25(29-27-23)19-4-3-5-20(14-19)26-16-24(28-30-26)18-8-12-22(13-9-18)32-36(2)34/h3-16,31-32H,1-2H3,(H,27,29)(H,28,30). The van der Waals surface area contributed by atoms with Crippen LogP contribution in [0.5, 0.6) is 0 Å². The molecule has 0 aliphatic rings. The summed E-state index contributed by atoms with van der Waals surface area (Å²) in [5.41, 5.74) is 8.97. The molecular weight excluding hydrogens is 492 g/mol. The van der Waals surface area contributed by atoms with Crippen LogP contribution in [0, 0.1) is 0 Å². The monoisotopic (exact) mass is 516 g/mol. The molecule has 2 unspecified atom stereocenters. The summed E-state index contributed by atoms with van der Waals surface area (Å²) in [6.45, 7) is 0. The molecule has 0 bridgehead atoms. The first-order valence-electron chi connectivity index (χ1n) is 11.1. The first-order valence-corrected chi connectivity index (χ1v) is 14.2. The average molecular weight is 517 g/mol. The number of nitrogens with zero attached hydrogens (tertiary/aromatic N) is 2. The second-order valence-electron chi connectivity index (χ2n) is 8.18. The molecule has 5 rings (SSSR count). The zero-order valence-electron chi connectivity index (χ0n) is 19.6. The molecule has 2 aromatic heterocycles. The van der Waals surface area contributed by atoms with E-state index in [1.165, 1.54) is 0 Å². The number of aromatic nitrogens is 4. The molecule has 8 nitrogen and oxygen atoms in total. The molecule has 10 heteroatoms. The van der Waals surface area contributed by atoms with Crippen molar-refractivity contribution in [3.05, 3.63) is 84.9 Å². The number of H-pyrrole nitrogens is 2. The fourth-order valence-electron chi connectivity index (χ4n) is 3.84. The minimum absolute atomic E-state index is 0.801. The van der Waals surface area contributed by atoms with Crippen molar-refractivity contribution in [3.63, 3.8) is 0 Å². The second kappa shape index (κ2) is 10.3. The van der Waals surface area contributed by atoms with Crippen molar-refractivity contribution >= 4 is 33.3 Å². The van der Waals surface area contributed by atoms with Gasteiger partial charge >= 0.3 is 0 Å². The van der Waals surface area contributed by atoms with Crippen molar-refractivity contribution in [2.24, 2.45) is 0 Å². The molecule has 3 aromatic carbocycles. The third kappa shape index (κ3) is 5.45. The Kier molecular flexibility index (Phi) is 6.79. The van der Waals surface area contributed by atoms with Crippen LogP contribution in [0.3, 0.4) is 0 Å². The molecule has 0 spiro atoms. The highest BCUT2D eigenvalue weighted by molar-refractivity contribution is 7.85. The van der Waals surface area contributed by atoms with Gasteiger partial charge in [-0.1, -0.05) is 42.5 Å². The van der Waals surface area contributed by atoms with Crippen LogP contribution in [-0.4, -0.2) is 41.3 Å². The summed E-state index contributed by atoms with van der Waals surface area (Å²) >= 11 is 0. The number of rotatable bonds is 8. The minimum Gasteiger partial charge on any atom is -0.305 e. The van der Waals surface area contributed by atoms with E-state index in [4.69, 9.17) is 0 Å². The number of nitrogens with one attached hydrogen (secondary N) is 4. The van der Waals surface area contributed by atoms with Crippen molar-refractivity contribution in [2.75, 3.05) is 22.0 Å². The van der Waals surface area contributed by atoms with E-state index in [2.05, 4.69) is 35.9 Å². The minimum atomic E-state index is -1.11. The van der Waals surface area contributed by atoms with Gasteiger partial charge in [0.15, 0.2) is 0 Å². The highest BCUT2D eigenvalue weighted by Gasteiger charge is 2.10. The lowest BCUT2D eigenvalue weighted by Gasteiger charge is -2.03. The van der Waals surface area contributed by atoms with Gasteiger partial charge < -0.3 is 9.44 Å². The maximum atomic E-state index is 11.3. The third-order valence-corrected chi connectivity index (χ3v) is 6.57. The smallest absolute Gasteiger partial charge is 0.113 e. The van der Waals surface area contributed by atoms with E-state index < -0.39 is 22.0 Å². The maximum absolute atomic E-state index is 11.3. The predicted octanol–water partition coefficient (Wildman–Crippen LogP) is 5.21. The lowest BCUT2D eigenvalue weighted by molar-refractivity contribution is 0.689. The zero-order chi connectivity index (χ0) is 25.1. The van der Waals surface area contributed by atoms with E-state index in [1.807, 2.05) is 78.9 Å². The highest BCUT2D eigenvalue weighted by Crippen LogP contribution is 2.30. The number of aromatic amines is 2. The Hall–Kier alpha value is -4.02. The van der Waals surface area contributed by atoms with Crippen molar-refractivity contribution in [3.8, 4) is 45.0 Å². The summed E-state index contributed by atoms with van der Waals surface area (Å²) in [7, 11) is -2.22. The Morgan fingerprint density at radius 2 is 1.00 bits per heavy atom. The maximum Gasteiger partial charge on any atom is 0.113 e. The average Bonchev–Trinajstić information content (AvgIpc) is 3.55. The van der Waals surface area contributed by atoms with E-state index >= 15 is 0 Å². The summed E-state index contributed by atoms with van der Waals surface area (Å²) < 4.78 is 28.4. The summed E-state index contributed by atoms with van der Waals surface area (Å²) in [6.07, 6.45) is 3.20. The molecule has 182 valence electrons. The van der Waals surface area contributed by atoms with Gasteiger partial charge in [-0.3, -0.25) is 10.2 Å². The van der Waals surface area contributed by atoms with Gasteiger partial charge in [0.2, 0.25) is 0 Å². The van der Waals surface area contributed by atoms with Gasteiger partial charge in [-0.25, -0.2) is 8.42 Å². The molecule has 5 aromatic rings. The van der Waals surface area contributed by atoms with Gasteiger partial charge in [-0.15, -0.1) is 0 Å². The zero-order valence-corrected chi connectivity index (χ0v) is 21.2. The fourth-order valence-corrected chi connectivity index (χ4v) is 4.78. The second-order valence-corrected chi connectivity index (χ2v) is 10.4. The molecule has 0 aliphatic carbocycles. The SMILES string of the molecule is CS(=O)Nc1ccc(-c2cc(-c3cccc(-c4cc(-c5ccc(NS(C)=O)cc5)[nH]n4)c3)n[nH]2)cc1. The molecule has 0 fully saturated rings. The number of anilines is 2. The van der Waals surface area contributed by atoms with Crippen LogP contribution in [0.4, 0.5) is 11.4 Å². The van der Waals surface area contributed by atoms with Crippen molar-refractivity contribution in [1.82, 2.24) is 20.4 Å². The van der Waals surface area contributed by atoms with Gasteiger partial charge in [0, 0.05) is 35.0 Å². The van der Waals surface area contributed by atoms with Gasteiger partial charge in [-0.2, -0.15) is 10.2 Å². The Balaban J connectivity index is 1.35. The van der Waals surface area contributed by atoms with Crippen molar-refractivity contribution < 1.29 is 8.42 Å². The van der Waals surface area contributed by atoms with Crippen molar-refractivity contribution in [1.29, 1.82) is 0 Å². The molecule has 36 heavy (non-hydrogen) atoms.